The van der Waals surface area contributed by atoms with Crippen molar-refractivity contribution in [3.63, 3.8) is 0 Å². The molecule has 0 aromatic carbocycles. The summed E-state index contributed by atoms with van der Waals surface area (Å²) in [6.45, 7) is 1.87. The first-order chi connectivity index (χ1) is 14.8. The van der Waals surface area contributed by atoms with E-state index in [4.69, 9.17) is 0 Å². The number of amides is 3. The van der Waals surface area contributed by atoms with Gasteiger partial charge in [-0.15, -0.1) is 0 Å². The summed E-state index contributed by atoms with van der Waals surface area (Å²) < 4.78 is 33.5. The standard InChI is InChI=1S/C18H18F2N8O3/c1-9-15(26-31-25-9)16(29)21-4-11-7-28-14(24-11)2-10(3-23-28)6-27-8-13-12(18(13,19)20)5-22-17(27)30/h2-3,7,12-13H,4-6,8H2,1H3,(H,21,29)(H,22,30). The fourth-order valence-corrected chi connectivity index (χ4v) is 3.80. The topological polar surface area (TPSA) is 131 Å². The minimum absolute atomic E-state index is 0.00325. The average molecular weight is 432 g/mol. The second-order valence-corrected chi connectivity index (χ2v) is 7.73. The van der Waals surface area contributed by atoms with Crippen LogP contribution in [0.5, 0.6) is 0 Å². The predicted octanol–water partition coefficient (Wildman–Crippen LogP) is 0.757. The van der Waals surface area contributed by atoms with Crippen LogP contribution in [0.3, 0.4) is 0 Å². The van der Waals surface area contributed by atoms with Gasteiger partial charge in [0, 0.05) is 19.6 Å². The zero-order valence-corrected chi connectivity index (χ0v) is 16.4. The van der Waals surface area contributed by atoms with Gasteiger partial charge in [0.05, 0.1) is 36.5 Å². The molecule has 1 saturated heterocycles. The minimum Gasteiger partial charge on any atom is -0.345 e. The normalized spacial score (nSPS) is 22.0. The maximum atomic E-state index is 13.7. The van der Waals surface area contributed by atoms with Crippen molar-refractivity contribution in [1.29, 1.82) is 0 Å². The van der Waals surface area contributed by atoms with E-state index in [9.17, 15) is 18.4 Å². The van der Waals surface area contributed by atoms with Gasteiger partial charge < -0.3 is 15.5 Å². The number of urea groups is 1. The number of aryl methyl sites for hydroxylation is 1. The molecule has 2 unspecified atom stereocenters. The lowest BCUT2D eigenvalue weighted by Gasteiger charge is -2.21. The first kappa shape index (κ1) is 19.3. The van der Waals surface area contributed by atoms with Gasteiger partial charge in [0.15, 0.2) is 11.3 Å². The zero-order valence-electron chi connectivity index (χ0n) is 16.4. The van der Waals surface area contributed by atoms with Gasteiger partial charge in [0.1, 0.15) is 5.69 Å². The molecule has 11 nitrogen and oxygen atoms in total. The molecule has 2 N–H and O–H groups in total. The van der Waals surface area contributed by atoms with Gasteiger partial charge in [-0.3, -0.25) is 4.79 Å². The monoisotopic (exact) mass is 432 g/mol. The number of rotatable bonds is 5. The molecule has 31 heavy (non-hydrogen) atoms. The summed E-state index contributed by atoms with van der Waals surface area (Å²) in [6, 6.07) is 1.36. The highest BCUT2D eigenvalue weighted by Gasteiger charge is 2.69. The molecule has 0 bridgehead atoms. The Hall–Kier alpha value is -3.64. The molecule has 0 radical (unpaired) electrons. The highest BCUT2D eigenvalue weighted by Crippen LogP contribution is 2.55. The van der Waals surface area contributed by atoms with Crippen LogP contribution in [0.4, 0.5) is 13.6 Å². The number of fused-ring (bicyclic) bond motifs is 2. The molecule has 0 spiro atoms. The van der Waals surface area contributed by atoms with E-state index in [0.29, 0.717) is 22.6 Å². The van der Waals surface area contributed by atoms with Gasteiger partial charge in [-0.1, -0.05) is 5.16 Å². The van der Waals surface area contributed by atoms with E-state index >= 15 is 0 Å². The predicted molar refractivity (Wildman–Crippen MR) is 98.9 cm³/mol. The van der Waals surface area contributed by atoms with Crippen LogP contribution >= 0.6 is 0 Å². The van der Waals surface area contributed by atoms with Crippen LogP contribution in [0, 0.1) is 18.8 Å². The van der Waals surface area contributed by atoms with Crippen molar-refractivity contribution in [3.05, 3.63) is 41.1 Å². The Morgan fingerprint density at radius 1 is 1.39 bits per heavy atom. The molecule has 162 valence electrons. The molecule has 2 fully saturated rings. The van der Waals surface area contributed by atoms with E-state index in [1.165, 1.54) is 9.42 Å². The molecule has 3 aromatic rings. The van der Waals surface area contributed by atoms with Crippen LogP contribution in [0.15, 0.2) is 23.1 Å². The van der Waals surface area contributed by atoms with Crippen LogP contribution in [-0.2, 0) is 13.1 Å². The lowest BCUT2D eigenvalue weighted by Crippen LogP contribution is -2.40. The van der Waals surface area contributed by atoms with Crippen molar-refractivity contribution in [2.45, 2.75) is 25.9 Å². The first-order valence-electron chi connectivity index (χ1n) is 9.64. The number of hydrogen-bond acceptors (Lipinski definition) is 7. The molecule has 3 amide bonds. The number of aromatic nitrogens is 5. The van der Waals surface area contributed by atoms with E-state index in [1.54, 1.807) is 25.4 Å². The Labute approximate surface area is 173 Å². The maximum absolute atomic E-state index is 13.7. The Balaban J connectivity index is 1.27. The smallest absolute Gasteiger partial charge is 0.317 e. The van der Waals surface area contributed by atoms with Crippen molar-refractivity contribution < 1.29 is 23.0 Å². The highest BCUT2D eigenvalue weighted by molar-refractivity contribution is 5.92. The first-order valence-corrected chi connectivity index (χ1v) is 9.64. The molecule has 1 saturated carbocycles. The third-order valence-corrected chi connectivity index (χ3v) is 5.64. The van der Waals surface area contributed by atoms with Gasteiger partial charge in [-0.2, -0.15) is 5.10 Å². The number of carbonyl (C=O) groups excluding carboxylic acids is 2. The van der Waals surface area contributed by atoms with Gasteiger partial charge in [0.2, 0.25) is 0 Å². The van der Waals surface area contributed by atoms with E-state index in [2.05, 4.69) is 35.7 Å². The Bertz CT molecular complexity index is 1180. The van der Waals surface area contributed by atoms with Gasteiger partial charge in [-0.25, -0.2) is 27.7 Å². The minimum atomic E-state index is -2.73. The number of alkyl halides is 2. The Kier molecular flexibility index (Phi) is 4.34. The lowest BCUT2D eigenvalue weighted by molar-refractivity contribution is 0.0739. The largest absolute Gasteiger partial charge is 0.345 e. The van der Waals surface area contributed by atoms with Gasteiger partial charge >= 0.3 is 6.03 Å². The van der Waals surface area contributed by atoms with Crippen molar-refractivity contribution in [2.75, 3.05) is 13.1 Å². The van der Waals surface area contributed by atoms with E-state index < -0.39 is 23.7 Å². The summed E-state index contributed by atoms with van der Waals surface area (Å²) in [4.78, 5) is 30.1. The second kappa shape index (κ2) is 6.96. The summed E-state index contributed by atoms with van der Waals surface area (Å²) in [7, 11) is 0. The fraction of sp³-hybridized carbons (Fsp3) is 0.444. The number of halogens is 2. The second-order valence-electron chi connectivity index (χ2n) is 7.73. The molecular formula is C18H18F2N8O3. The molecule has 2 atom stereocenters. The van der Waals surface area contributed by atoms with E-state index in [0.717, 1.165) is 0 Å². The van der Waals surface area contributed by atoms with Crippen LogP contribution in [0.25, 0.3) is 5.65 Å². The molecule has 5 rings (SSSR count). The number of nitrogens with zero attached hydrogens (tertiary/aromatic N) is 6. The maximum Gasteiger partial charge on any atom is 0.317 e. The van der Waals surface area contributed by atoms with Crippen molar-refractivity contribution in [1.82, 2.24) is 40.4 Å². The van der Waals surface area contributed by atoms with E-state index in [1.807, 2.05) is 0 Å². The van der Waals surface area contributed by atoms with Gasteiger partial charge in [0.25, 0.3) is 11.8 Å². The van der Waals surface area contributed by atoms with Crippen LogP contribution < -0.4 is 10.6 Å². The average Bonchev–Trinajstić information content (AvgIpc) is 3.05. The summed E-state index contributed by atoms with van der Waals surface area (Å²) >= 11 is 0. The molecule has 3 aromatic heterocycles. The third-order valence-electron chi connectivity index (χ3n) is 5.64. The summed E-state index contributed by atoms with van der Waals surface area (Å²) in [6.07, 6.45) is 3.21. The highest BCUT2D eigenvalue weighted by atomic mass is 19.3. The van der Waals surface area contributed by atoms with Crippen molar-refractivity contribution in [2.24, 2.45) is 11.8 Å². The molecule has 2 aliphatic rings. The summed E-state index contributed by atoms with van der Waals surface area (Å²) in [5.74, 6) is -4.76. The lowest BCUT2D eigenvalue weighted by atomic mass is 10.2. The number of carbonyl (C=O) groups is 2. The quantitative estimate of drug-likeness (QED) is 0.609. The van der Waals surface area contributed by atoms with Crippen LogP contribution in [0.1, 0.15) is 27.4 Å². The van der Waals surface area contributed by atoms with Gasteiger partial charge in [-0.05, 0) is 23.7 Å². The molecule has 13 heteroatoms. The fourth-order valence-electron chi connectivity index (χ4n) is 3.80. The number of hydrogen-bond donors (Lipinski definition) is 2. The molecule has 1 aliphatic carbocycles. The van der Waals surface area contributed by atoms with Crippen LogP contribution in [-0.4, -0.2) is 60.8 Å². The Morgan fingerprint density at radius 3 is 3.00 bits per heavy atom. The zero-order chi connectivity index (χ0) is 21.8. The molecule has 1 aliphatic heterocycles. The SMILES string of the molecule is Cc1nonc1C(=O)NCc1cn2ncc(CN3CC4C(CNC3=O)C4(F)F)cc2n1. The van der Waals surface area contributed by atoms with E-state index in [-0.39, 0.29) is 37.9 Å². The third kappa shape index (κ3) is 3.45. The summed E-state index contributed by atoms with van der Waals surface area (Å²) in [5.41, 5.74) is 2.21. The van der Waals surface area contributed by atoms with Crippen molar-refractivity contribution >= 4 is 17.6 Å². The summed E-state index contributed by atoms with van der Waals surface area (Å²) in [5, 5.41) is 16.6. The number of nitrogens with one attached hydrogen (secondary N) is 2. The van der Waals surface area contributed by atoms with Crippen LogP contribution in [0.2, 0.25) is 0 Å². The molecule has 4 heterocycles. The van der Waals surface area contributed by atoms with Crippen molar-refractivity contribution in [3.8, 4) is 0 Å². The Morgan fingerprint density at radius 2 is 2.23 bits per heavy atom. The number of imidazole rings is 1. The molecular weight excluding hydrogens is 414 g/mol.